The zero-order valence-electron chi connectivity index (χ0n) is 16.2. The van der Waals surface area contributed by atoms with E-state index in [0.717, 1.165) is 5.56 Å². The monoisotopic (exact) mass is 448 g/mol. The fourth-order valence-corrected chi connectivity index (χ4v) is 4.51. The highest BCUT2D eigenvalue weighted by Gasteiger charge is 2.44. The number of carbonyl (C=O) groups excluding carboxylic acids is 1. The van der Waals surface area contributed by atoms with Crippen LogP contribution in [-0.4, -0.2) is 46.5 Å². The molecule has 1 aromatic carbocycles. The van der Waals surface area contributed by atoms with Crippen molar-refractivity contribution in [2.24, 2.45) is 11.8 Å². The smallest absolute Gasteiger partial charge is 0.307 e. The standard InChI is InChI=1S/C21H22Cl2N4O3/c22-13-3-1-12(2-4-13)18-11-26(20(28)15-5-6-16(15)21(29)30)7-8-27(18)19-17(24)9-14(23)10-25-19/h1-4,9-10,15-16,18H,5-8,11,24H2,(H,29,30)/t15?,16-,18?/m0/s1. The highest BCUT2D eigenvalue weighted by Crippen LogP contribution is 2.39. The normalized spacial score (nSPS) is 23.7. The number of carboxylic acid groups (broad SMARTS) is 1. The Kier molecular flexibility index (Phi) is 5.75. The van der Waals surface area contributed by atoms with Crippen LogP contribution < -0.4 is 10.6 Å². The van der Waals surface area contributed by atoms with Crippen LogP contribution in [-0.2, 0) is 9.59 Å². The Morgan fingerprint density at radius 2 is 1.77 bits per heavy atom. The highest BCUT2D eigenvalue weighted by atomic mass is 35.5. The number of carboxylic acids is 1. The van der Waals surface area contributed by atoms with Crippen LogP contribution in [0.3, 0.4) is 0 Å². The largest absolute Gasteiger partial charge is 0.481 e. The molecule has 2 heterocycles. The number of hydrogen-bond donors (Lipinski definition) is 2. The van der Waals surface area contributed by atoms with Crippen molar-refractivity contribution in [3.05, 3.63) is 52.1 Å². The van der Waals surface area contributed by atoms with Crippen molar-refractivity contribution in [1.82, 2.24) is 9.88 Å². The van der Waals surface area contributed by atoms with Gasteiger partial charge in [-0.1, -0.05) is 35.3 Å². The van der Waals surface area contributed by atoms with Gasteiger partial charge in [0.2, 0.25) is 5.91 Å². The molecule has 1 aliphatic heterocycles. The first-order valence-electron chi connectivity index (χ1n) is 9.80. The van der Waals surface area contributed by atoms with Crippen molar-refractivity contribution in [3.63, 3.8) is 0 Å². The van der Waals surface area contributed by atoms with Crippen molar-refractivity contribution < 1.29 is 14.7 Å². The predicted octanol–water partition coefficient (Wildman–Crippen LogP) is 3.47. The van der Waals surface area contributed by atoms with Crippen LogP contribution in [0.2, 0.25) is 10.0 Å². The van der Waals surface area contributed by atoms with Gasteiger partial charge in [-0.05, 0) is 36.6 Å². The number of nitrogens with zero attached hydrogens (tertiary/aromatic N) is 3. The molecule has 30 heavy (non-hydrogen) atoms. The zero-order chi connectivity index (χ0) is 21.4. The van der Waals surface area contributed by atoms with Crippen molar-refractivity contribution in [2.45, 2.75) is 18.9 Å². The molecule has 9 heteroatoms. The number of nitrogen functional groups attached to an aromatic ring is 1. The van der Waals surface area contributed by atoms with E-state index in [9.17, 15) is 14.7 Å². The summed E-state index contributed by atoms with van der Waals surface area (Å²) in [6.07, 6.45) is 2.72. The van der Waals surface area contributed by atoms with Crippen molar-refractivity contribution in [2.75, 3.05) is 30.3 Å². The maximum atomic E-state index is 13.0. The maximum Gasteiger partial charge on any atom is 0.307 e. The molecule has 2 fully saturated rings. The van der Waals surface area contributed by atoms with Crippen molar-refractivity contribution >= 4 is 46.6 Å². The molecule has 1 saturated heterocycles. The van der Waals surface area contributed by atoms with Crippen LogP contribution in [0.1, 0.15) is 24.4 Å². The van der Waals surface area contributed by atoms with Gasteiger partial charge in [0.15, 0.2) is 5.82 Å². The summed E-state index contributed by atoms with van der Waals surface area (Å²) in [4.78, 5) is 32.7. The lowest BCUT2D eigenvalue weighted by molar-refractivity contribution is -0.157. The number of carbonyl (C=O) groups is 2. The number of aromatic nitrogens is 1. The molecule has 4 rings (SSSR count). The Labute approximate surface area is 184 Å². The molecule has 1 aliphatic carbocycles. The lowest BCUT2D eigenvalue weighted by Gasteiger charge is -2.45. The Bertz CT molecular complexity index is 969. The molecule has 1 aromatic heterocycles. The number of pyridine rings is 1. The van der Waals surface area contributed by atoms with Crippen molar-refractivity contribution in [3.8, 4) is 0 Å². The molecule has 7 nitrogen and oxygen atoms in total. The van der Waals surface area contributed by atoms with Crippen molar-refractivity contribution in [1.29, 1.82) is 0 Å². The molecule has 0 spiro atoms. The number of piperazine rings is 1. The van der Waals surface area contributed by atoms with E-state index in [0.29, 0.717) is 54.0 Å². The topological polar surface area (TPSA) is 99.8 Å². The number of nitrogens with two attached hydrogens (primary N) is 1. The SMILES string of the molecule is Nc1cc(Cl)cnc1N1CCN(C(=O)C2CC[C@@H]2C(=O)O)CC1c1ccc(Cl)cc1. The minimum absolute atomic E-state index is 0.0932. The van der Waals surface area contributed by atoms with Gasteiger partial charge in [-0.3, -0.25) is 9.59 Å². The van der Waals surface area contributed by atoms with Gasteiger partial charge in [0, 0.05) is 30.9 Å². The molecule has 1 amide bonds. The van der Waals surface area contributed by atoms with E-state index in [1.165, 1.54) is 0 Å². The second kappa shape index (κ2) is 8.32. The molecule has 0 radical (unpaired) electrons. The number of amides is 1. The van der Waals surface area contributed by atoms with Crippen LogP contribution in [0.5, 0.6) is 0 Å². The number of rotatable bonds is 4. The molecule has 1 saturated carbocycles. The van der Waals surface area contributed by atoms with E-state index in [2.05, 4.69) is 9.88 Å². The first kappa shape index (κ1) is 20.8. The maximum absolute atomic E-state index is 13.0. The van der Waals surface area contributed by atoms with Crippen LogP contribution in [0.15, 0.2) is 36.5 Å². The highest BCUT2D eigenvalue weighted by molar-refractivity contribution is 6.31. The summed E-state index contributed by atoms with van der Waals surface area (Å²) in [5.74, 6) is -1.41. The van der Waals surface area contributed by atoms with Gasteiger partial charge in [-0.15, -0.1) is 0 Å². The third-order valence-electron chi connectivity index (χ3n) is 5.99. The Hall–Kier alpha value is -2.51. The zero-order valence-corrected chi connectivity index (χ0v) is 17.7. The van der Waals surface area contributed by atoms with Gasteiger partial charge in [0.25, 0.3) is 0 Å². The molecular weight excluding hydrogens is 427 g/mol. The number of hydrogen-bond acceptors (Lipinski definition) is 5. The van der Waals surface area contributed by atoms with Gasteiger partial charge in [-0.2, -0.15) is 0 Å². The molecule has 0 bridgehead atoms. The molecule has 3 atom stereocenters. The number of halogens is 2. The summed E-state index contributed by atoms with van der Waals surface area (Å²) in [6, 6.07) is 8.92. The molecule has 2 unspecified atom stereocenters. The lowest BCUT2D eigenvalue weighted by atomic mass is 9.72. The summed E-state index contributed by atoms with van der Waals surface area (Å²) in [5.41, 5.74) is 7.62. The first-order chi connectivity index (χ1) is 14.3. The van der Waals surface area contributed by atoms with E-state index in [-0.39, 0.29) is 11.9 Å². The summed E-state index contributed by atoms with van der Waals surface area (Å²) < 4.78 is 0. The Morgan fingerprint density at radius 3 is 2.37 bits per heavy atom. The predicted molar refractivity (Wildman–Crippen MR) is 116 cm³/mol. The summed E-state index contributed by atoms with van der Waals surface area (Å²) in [5, 5.41) is 10.4. The van der Waals surface area contributed by atoms with E-state index in [4.69, 9.17) is 28.9 Å². The fourth-order valence-electron chi connectivity index (χ4n) is 4.22. The lowest BCUT2D eigenvalue weighted by Crippen LogP contribution is -2.55. The van der Waals surface area contributed by atoms with Gasteiger partial charge in [0.1, 0.15) is 0 Å². The first-order valence-corrected chi connectivity index (χ1v) is 10.6. The number of anilines is 2. The summed E-state index contributed by atoms with van der Waals surface area (Å²) >= 11 is 12.1. The quantitative estimate of drug-likeness (QED) is 0.742. The summed E-state index contributed by atoms with van der Waals surface area (Å²) in [7, 11) is 0. The molecular formula is C21H22Cl2N4O3. The molecule has 3 N–H and O–H groups in total. The third-order valence-corrected chi connectivity index (χ3v) is 6.45. The van der Waals surface area contributed by atoms with Gasteiger partial charge < -0.3 is 20.6 Å². The van der Waals surface area contributed by atoms with E-state index in [1.54, 1.807) is 29.3 Å². The fraction of sp³-hybridized carbons (Fsp3) is 0.381. The minimum Gasteiger partial charge on any atom is -0.481 e. The van der Waals surface area contributed by atoms with Crippen LogP contribution in [0.25, 0.3) is 0 Å². The van der Waals surface area contributed by atoms with Gasteiger partial charge >= 0.3 is 5.97 Å². The number of aliphatic carboxylic acids is 1. The van der Waals surface area contributed by atoms with Crippen LogP contribution >= 0.6 is 23.2 Å². The van der Waals surface area contributed by atoms with Crippen LogP contribution in [0.4, 0.5) is 11.5 Å². The van der Waals surface area contributed by atoms with E-state index >= 15 is 0 Å². The average molecular weight is 449 g/mol. The molecule has 158 valence electrons. The molecule has 2 aromatic rings. The number of benzene rings is 1. The average Bonchev–Trinajstić information content (AvgIpc) is 2.67. The second-order valence-corrected chi connectivity index (χ2v) is 8.61. The van der Waals surface area contributed by atoms with E-state index in [1.807, 2.05) is 12.1 Å². The van der Waals surface area contributed by atoms with E-state index < -0.39 is 17.8 Å². The Morgan fingerprint density at radius 1 is 1.07 bits per heavy atom. The van der Waals surface area contributed by atoms with Crippen LogP contribution in [0, 0.1) is 11.8 Å². The van der Waals surface area contributed by atoms with Gasteiger partial charge in [-0.25, -0.2) is 4.98 Å². The molecule has 2 aliphatic rings. The Balaban J connectivity index is 1.62. The summed E-state index contributed by atoms with van der Waals surface area (Å²) in [6.45, 7) is 1.39. The second-order valence-electron chi connectivity index (χ2n) is 7.74. The third kappa shape index (κ3) is 3.91. The van der Waals surface area contributed by atoms with Gasteiger partial charge in [0.05, 0.1) is 28.6 Å². The minimum atomic E-state index is -0.898.